The Kier molecular flexibility index (Phi) is 5.24. The van der Waals surface area contributed by atoms with Crippen LogP contribution in [-0.2, 0) is 22.0 Å². The third-order valence-electron chi connectivity index (χ3n) is 3.63. The normalized spacial score (nSPS) is 12.6. The van der Waals surface area contributed by atoms with Gasteiger partial charge in [0, 0.05) is 21.2 Å². The molecule has 2 N–H and O–H groups in total. The molecule has 4 nitrogen and oxygen atoms in total. The molecule has 3 heterocycles. The van der Waals surface area contributed by atoms with Crippen molar-refractivity contribution < 1.29 is 13.5 Å². The molecule has 24 heavy (non-hydrogen) atoms. The van der Waals surface area contributed by atoms with Gasteiger partial charge in [-0.2, -0.15) is 0 Å². The molecule has 3 rings (SSSR count). The predicted octanol–water partition coefficient (Wildman–Crippen LogP) is 3.65. The largest absolute Gasteiger partial charge is 0.377 e. The summed E-state index contributed by atoms with van der Waals surface area (Å²) in [5, 5.41) is 14.9. The van der Waals surface area contributed by atoms with E-state index in [4.69, 9.17) is 0 Å². The molecule has 3 aromatic heterocycles. The summed E-state index contributed by atoms with van der Waals surface area (Å²) in [7, 11) is -3.65. The van der Waals surface area contributed by atoms with Gasteiger partial charge in [0.05, 0.1) is 0 Å². The molecule has 3 aromatic rings. The molecule has 0 fully saturated rings. The lowest BCUT2D eigenvalue weighted by Gasteiger charge is -2.26. The third-order valence-corrected chi connectivity index (χ3v) is 8.79. The molecular weight excluding hydrogens is 382 g/mol. The first kappa shape index (κ1) is 17.8. The van der Waals surface area contributed by atoms with E-state index in [0.717, 1.165) is 11.3 Å². The van der Waals surface area contributed by atoms with E-state index in [1.807, 2.05) is 48.0 Å². The van der Waals surface area contributed by atoms with E-state index >= 15 is 0 Å². The van der Waals surface area contributed by atoms with Gasteiger partial charge in [0.25, 0.3) is 0 Å². The molecule has 0 atom stereocenters. The molecule has 0 aliphatic rings. The Labute approximate surface area is 153 Å². The van der Waals surface area contributed by atoms with Crippen LogP contribution in [-0.4, -0.2) is 20.1 Å². The van der Waals surface area contributed by atoms with Crippen molar-refractivity contribution in [3.8, 4) is 0 Å². The summed E-state index contributed by atoms with van der Waals surface area (Å²) in [5.74, 6) is 0. The minimum absolute atomic E-state index is 0.101. The Morgan fingerprint density at radius 3 is 2.17 bits per heavy atom. The average Bonchev–Trinajstić information content (AvgIpc) is 3.34. The molecule has 128 valence electrons. The summed E-state index contributed by atoms with van der Waals surface area (Å²) in [4.78, 5) is 2.45. The van der Waals surface area contributed by atoms with Gasteiger partial charge in [-0.25, -0.2) is 13.1 Å². The van der Waals surface area contributed by atoms with Gasteiger partial charge < -0.3 is 5.11 Å². The fourth-order valence-corrected chi connectivity index (χ4v) is 6.43. The van der Waals surface area contributed by atoms with Gasteiger partial charge >= 0.3 is 0 Å². The standard InChI is InChI=1S/C16H17NO3S4/c1-2-12-7-8-15(23-12)24(19,20)17-11-16(18,13-5-3-9-21-13)14-6-4-10-22-14/h3-10,17-18H,2,11H2,1H3. The molecule has 0 aliphatic carbocycles. The second kappa shape index (κ2) is 7.07. The highest BCUT2D eigenvalue weighted by Gasteiger charge is 2.35. The highest BCUT2D eigenvalue weighted by Crippen LogP contribution is 2.35. The summed E-state index contributed by atoms with van der Waals surface area (Å²) in [6.07, 6.45) is 0.800. The summed E-state index contributed by atoms with van der Waals surface area (Å²) >= 11 is 4.07. The van der Waals surface area contributed by atoms with E-state index in [0.29, 0.717) is 9.75 Å². The monoisotopic (exact) mass is 399 g/mol. The quantitative estimate of drug-likeness (QED) is 0.637. The lowest BCUT2D eigenvalue weighted by atomic mass is 10.0. The minimum Gasteiger partial charge on any atom is -0.377 e. The first-order valence-electron chi connectivity index (χ1n) is 7.34. The van der Waals surface area contributed by atoms with Crippen molar-refractivity contribution in [1.82, 2.24) is 4.72 Å². The summed E-state index contributed by atoms with van der Waals surface area (Å²) in [6.45, 7) is 1.89. The Bertz CT molecular complexity index is 846. The average molecular weight is 400 g/mol. The van der Waals surface area contributed by atoms with Crippen molar-refractivity contribution in [3.63, 3.8) is 0 Å². The molecule has 0 amide bonds. The first-order chi connectivity index (χ1) is 11.5. The van der Waals surface area contributed by atoms with Crippen LogP contribution >= 0.6 is 34.0 Å². The van der Waals surface area contributed by atoms with Crippen LogP contribution in [0.25, 0.3) is 0 Å². The van der Waals surface area contributed by atoms with Crippen LogP contribution < -0.4 is 4.72 Å². The molecule has 0 saturated carbocycles. The van der Waals surface area contributed by atoms with Crippen molar-refractivity contribution in [3.05, 3.63) is 61.8 Å². The lowest BCUT2D eigenvalue weighted by Crippen LogP contribution is -2.40. The number of rotatable bonds is 7. The molecule has 0 saturated heterocycles. The number of aliphatic hydroxyl groups is 1. The molecule has 0 unspecified atom stereocenters. The fourth-order valence-electron chi connectivity index (χ4n) is 2.29. The SMILES string of the molecule is CCc1ccc(S(=O)(=O)NCC(O)(c2cccs2)c2cccs2)s1. The summed E-state index contributed by atoms with van der Waals surface area (Å²) in [6, 6.07) is 10.8. The maximum Gasteiger partial charge on any atom is 0.250 e. The van der Waals surface area contributed by atoms with Crippen LogP contribution in [0.15, 0.2) is 51.4 Å². The van der Waals surface area contributed by atoms with Gasteiger partial charge in [-0.15, -0.1) is 34.0 Å². The van der Waals surface area contributed by atoms with Crippen molar-refractivity contribution in [2.45, 2.75) is 23.2 Å². The zero-order chi connectivity index (χ0) is 17.2. The third kappa shape index (κ3) is 3.49. The molecule has 0 bridgehead atoms. The summed E-state index contributed by atoms with van der Waals surface area (Å²) < 4.78 is 27.9. The smallest absolute Gasteiger partial charge is 0.250 e. The Hall–Kier alpha value is -1.03. The van der Waals surface area contributed by atoms with Crippen molar-refractivity contribution >= 4 is 44.0 Å². The minimum atomic E-state index is -3.65. The van der Waals surface area contributed by atoms with E-state index in [-0.39, 0.29) is 10.8 Å². The fraction of sp³-hybridized carbons (Fsp3) is 0.250. The van der Waals surface area contributed by atoms with Crippen molar-refractivity contribution in [2.24, 2.45) is 0 Å². The van der Waals surface area contributed by atoms with Gasteiger partial charge in [-0.3, -0.25) is 0 Å². The number of nitrogens with one attached hydrogen (secondary N) is 1. The van der Waals surface area contributed by atoms with Crippen molar-refractivity contribution in [1.29, 1.82) is 0 Å². The zero-order valence-electron chi connectivity index (χ0n) is 12.9. The molecular formula is C16H17NO3S4. The highest BCUT2D eigenvalue weighted by atomic mass is 32.2. The maximum absolute atomic E-state index is 12.5. The van der Waals surface area contributed by atoms with Crippen LogP contribution in [0, 0.1) is 0 Å². The van der Waals surface area contributed by atoms with E-state index < -0.39 is 15.6 Å². The lowest BCUT2D eigenvalue weighted by molar-refractivity contribution is 0.0937. The van der Waals surface area contributed by atoms with Gasteiger partial charge in [0.1, 0.15) is 9.81 Å². The van der Waals surface area contributed by atoms with E-state index in [2.05, 4.69) is 4.72 Å². The van der Waals surface area contributed by atoms with Crippen LogP contribution in [0.4, 0.5) is 0 Å². The number of sulfonamides is 1. The second-order valence-electron chi connectivity index (χ2n) is 5.21. The topological polar surface area (TPSA) is 66.4 Å². The summed E-state index contributed by atoms with van der Waals surface area (Å²) in [5.41, 5.74) is -1.36. The number of thiophene rings is 3. The van der Waals surface area contributed by atoms with Crippen LogP contribution in [0.3, 0.4) is 0 Å². The predicted molar refractivity (Wildman–Crippen MR) is 101 cm³/mol. The zero-order valence-corrected chi connectivity index (χ0v) is 16.2. The maximum atomic E-state index is 12.5. The Balaban J connectivity index is 1.87. The van der Waals surface area contributed by atoms with Crippen LogP contribution in [0.2, 0.25) is 0 Å². The number of aryl methyl sites for hydroxylation is 1. The van der Waals surface area contributed by atoms with Crippen LogP contribution in [0.1, 0.15) is 21.6 Å². The van der Waals surface area contributed by atoms with E-state index in [1.165, 1.54) is 34.0 Å². The number of hydrogen-bond acceptors (Lipinski definition) is 6. The van der Waals surface area contributed by atoms with E-state index in [9.17, 15) is 13.5 Å². The second-order valence-corrected chi connectivity index (χ2v) is 10.3. The van der Waals surface area contributed by atoms with Gasteiger partial charge in [0.2, 0.25) is 10.0 Å². The molecule has 8 heteroatoms. The number of hydrogen-bond donors (Lipinski definition) is 2. The van der Waals surface area contributed by atoms with Crippen molar-refractivity contribution in [2.75, 3.05) is 6.54 Å². The molecule has 0 aromatic carbocycles. The van der Waals surface area contributed by atoms with Gasteiger partial charge in [-0.1, -0.05) is 19.1 Å². The molecule has 0 spiro atoms. The van der Waals surface area contributed by atoms with Crippen LogP contribution in [0.5, 0.6) is 0 Å². The highest BCUT2D eigenvalue weighted by molar-refractivity contribution is 7.91. The first-order valence-corrected chi connectivity index (χ1v) is 11.4. The van der Waals surface area contributed by atoms with E-state index in [1.54, 1.807) is 6.07 Å². The molecule has 0 radical (unpaired) electrons. The Morgan fingerprint density at radius 1 is 1.08 bits per heavy atom. The Morgan fingerprint density at radius 2 is 1.71 bits per heavy atom. The molecule has 0 aliphatic heterocycles. The van der Waals surface area contributed by atoms with Gasteiger partial charge in [-0.05, 0) is 41.4 Å². The van der Waals surface area contributed by atoms with Gasteiger partial charge in [0.15, 0.2) is 0 Å².